The van der Waals surface area contributed by atoms with Crippen LogP contribution in [0.1, 0.15) is 29.7 Å². The van der Waals surface area contributed by atoms with Crippen LogP contribution >= 0.6 is 0 Å². The summed E-state index contributed by atoms with van der Waals surface area (Å²) in [7, 11) is 0. The van der Waals surface area contributed by atoms with E-state index in [1.165, 1.54) is 6.92 Å². The fourth-order valence-corrected chi connectivity index (χ4v) is 2.84. The van der Waals surface area contributed by atoms with Crippen LogP contribution in [-0.4, -0.2) is 29.7 Å². The second-order valence-corrected chi connectivity index (χ2v) is 6.11. The molecule has 138 valence electrons. The molecule has 0 bridgehead atoms. The third-order valence-electron chi connectivity index (χ3n) is 4.26. The number of nitrogens with one attached hydrogen (secondary N) is 1. The molecule has 0 aliphatic carbocycles. The first kappa shape index (κ1) is 18.3. The van der Waals surface area contributed by atoms with Gasteiger partial charge < -0.3 is 19.9 Å². The molecule has 3 rings (SSSR count). The minimum absolute atomic E-state index is 0.268. The number of carboxylic acids is 1. The molecule has 2 N–H and O–H groups in total. The van der Waals surface area contributed by atoms with Crippen molar-refractivity contribution in [3.05, 3.63) is 59.2 Å². The fraction of sp³-hybridized carbons (Fsp3) is 0.250. The summed E-state index contributed by atoms with van der Waals surface area (Å²) in [5.74, 6) is -0.762. The number of aliphatic carboxylic acids is 1. The lowest BCUT2D eigenvalue weighted by Crippen LogP contribution is -2.41. The van der Waals surface area contributed by atoms with Gasteiger partial charge in [0.25, 0.3) is 5.91 Å². The van der Waals surface area contributed by atoms with E-state index in [0.29, 0.717) is 24.2 Å². The zero-order valence-electron chi connectivity index (χ0n) is 14.6. The second kappa shape index (κ2) is 7.79. The van der Waals surface area contributed by atoms with E-state index >= 15 is 0 Å². The summed E-state index contributed by atoms with van der Waals surface area (Å²) in [6.45, 7) is 2.06. The van der Waals surface area contributed by atoms with Crippen molar-refractivity contribution < 1.29 is 24.2 Å². The highest BCUT2D eigenvalue weighted by Crippen LogP contribution is 2.28. The van der Waals surface area contributed by atoms with E-state index in [1.807, 2.05) is 6.07 Å². The molecule has 0 spiro atoms. The van der Waals surface area contributed by atoms with Crippen molar-refractivity contribution in [1.29, 1.82) is 5.26 Å². The van der Waals surface area contributed by atoms with Crippen molar-refractivity contribution in [3.63, 3.8) is 0 Å². The van der Waals surface area contributed by atoms with Crippen LogP contribution in [0, 0.1) is 11.3 Å². The van der Waals surface area contributed by atoms with Gasteiger partial charge in [0.05, 0.1) is 12.2 Å². The fourth-order valence-electron chi connectivity index (χ4n) is 2.84. The molecular weight excluding hydrogens is 348 g/mol. The number of carboxylic acid groups (broad SMARTS) is 1. The van der Waals surface area contributed by atoms with Crippen molar-refractivity contribution in [2.24, 2.45) is 0 Å². The van der Waals surface area contributed by atoms with Gasteiger partial charge in [-0.1, -0.05) is 18.2 Å². The Balaban J connectivity index is 1.73. The molecule has 7 heteroatoms. The van der Waals surface area contributed by atoms with Gasteiger partial charge in [0.1, 0.15) is 17.6 Å². The van der Waals surface area contributed by atoms with Crippen molar-refractivity contribution in [2.75, 3.05) is 6.61 Å². The molecule has 2 unspecified atom stereocenters. The Hall–Kier alpha value is -3.53. The van der Waals surface area contributed by atoms with Gasteiger partial charge in [0.15, 0.2) is 12.1 Å². The summed E-state index contributed by atoms with van der Waals surface area (Å²) in [5, 5.41) is 21.1. The molecule has 1 aliphatic rings. The number of rotatable bonds is 6. The SMILES string of the molecule is CC(Oc1ccccc1C#N)C(=O)NC(C(=O)O)c1ccc2c(c1)CCO2. The molecule has 0 saturated heterocycles. The number of para-hydroxylation sites is 1. The summed E-state index contributed by atoms with van der Waals surface area (Å²) >= 11 is 0. The smallest absolute Gasteiger partial charge is 0.330 e. The van der Waals surface area contributed by atoms with Crippen molar-refractivity contribution in [3.8, 4) is 17.6 Å². The van der Waals surface area contributed by atoms with Gasteiger partial charge in [0.2, 0.25) is 0 Å². The molecule has 0 radical (unpaired) electrons. The minimum Gasteiger partial charge on any atom is -0.493 e. The molecular formula is C20H18N2O5. The summed E-state index contributed by atoms with van der Waals surface area (Å²) in [6.07, 6.45) is -0.271. The lowest BCUT2D eigenvalue weighted by atomic mass is 10.0. The Morgan fingerprint density at radius 1 is 1.30 bits per heavy atom. The zero-order valence-corrected chi connectivity index (χ0v) is 14.6. The monoisotopic (exact) mass is 366 g/mol. The van der Waals surface area contributed by atoms with Crippen molar-refractivity contribution in [2.45, 2.75) is 25.5 Å². The van der Waals surface area contributed by atoms with Crippen molar-refractivity contribution >= 4 is 11.9 Å². The Labute approximate surface area is 156 Å². The Bertz CT molecular complexity index is 919. The van der Waals surface area contributed by atoms with E-state index in [4.69, 9.17) is 14.7 Å². The average molecular weight is 366 g/mol. The van der Waals surface area contributed by atoms with Crippen molar-refractivity contribution in [1.82, 2.24) is 5.32 Å². The third kappa shape index (κ3) is 4.01. The molecule has 27 heavy (non-hydrogen) atoms. The molecule has 1 aliphatic heterocycles. The normalized spacial score (nSPS) is 14.2. The maximum Gasteiger partial charge on any atom is 0.330 e. The summed E-state index contributed by atoms with van der Waals surface area (Å²) < 4.78 is 11.0. The Morgan fingerprint density at radius 3 is 2.81 bits per heavy atom. The van der Waals surface area contributed by atoms with Gasteiger partial charge in [-0.25, -0.2) is 4.79 Å². The first-order valence-electron chi connectivity index (χ1n) is 8.44. The van der Waals surface area contributed by atoms with Gasteiger partial charge in [-0.05, 0) is 42.3 Å². The van der Waals surface area contributed by atoms with Crippen LogP contribution in [0.25, 0.3) is 0 Å². The second-order valence-electron chi connectivity index (χ2n) is 6.11. The van der Waals surface area contributed by atoms with Crippen LogP contribution in [0.5, 0.6) is 11.5 Å². The predicted octanol–water partition coefficient (Wildman–Crippen LogP) is 2.20. The Morgan fingerprint density at radius 2 is 2.07 bits per heavy atom. The van der Waals surface area contributed by atoms with E-state index < -0.39 is 24.0 Å². The minimum atomic E-state index is -1.21. The third-order valence-corrected chi connectivity index (χ3v) is 4.26. The highest BCUT2D eigenvalue weighted by atomic mass is 16.5. The average Bonchev–Trinajstić information content (AvgIpc) is 3.13. The number of hydrogen-bond acceptors (Lipinski definition) is 5. The number of ether oxygens (including phenoxy) is 2. The van der Waals surface area contributed by atoms with E-state index in [9.17, 15) is 14.7 Å². The number of amides is 1. The van der Waals surface area contributed by atoms with Gasteiger partial charge in [-0.15, -0.1) is 0 Å². The van der Waals surface area contributed by atoms with Crippen LogP contribution < -0.4 is 14.8 Å². The molecule has 2 atom stereocenters. The van der Waals surface area contributed by atoms with Crippen LogP contribution in [0.2, 0.25) is 0 Å². The van der Waals surface area contributed by atoms with Gasteiger partial charge in [0, 0.05) is 6.42 Å². The summed E-state index contributed by atoms with van der Waals surface area (Å²) in [4.78, 5) is 24.1. The molecule has 2 aromatic carbocycles. The van der Waals surface area contributed by atoms with Gasteiger partial charge in [-0.2, -0.15) is 5.26 Å². The largest absolute Gasteiger partial charge is 0.493 e. The molecule has 1 heterocycles. The molecule has 0 aromatic heterocycles. The molecule has 0 fully saturated rings. The number of carbonyl (C=O) groups excluding carboxylic acids is 1. The molecule has 1 amide bonds. The van der Waals surface area contributed by atoms with E-state index in [2.05, 4.69) is 5.32 Å². The highest BCUT2D eigenvalue weighted by molar-refractivity contribution is 5.87. The maximum absolute atomic E-state index is 12.5. The number of fused-ring (bicyclic) bond motifs is 1. The molecule has 7 nitrogen and oxygen atoms in total. The van der Waals surface area contributed by atoms with E-state index in [1.54, 1.807) is 42.5 Å². The van der Waals surface area contributed by atoms with E-state index in [-0.39, 0.29) is 5.75 Å². The summed E-state index contributed by atoms with van der Waals surface area (Å²) in [6, 6.07) is 12.4. The number of carbonyl (C=O) groups is 2. The number of nitriles is 1. The van der Waals surface area contributed by atoms with Gasteiger partial charge >= 0.3 is 5.97 Å². The number of hydrogen-bond donors (Lipinski definition) is 2. The quantitative estimate of drug-likeness (QED) is 0.811. The van der Waals surface area contributed by atoms with Crippen LogP contribution in [0.3, 0.4) is 0 Å². The lowest BCUT2D eigenvalue weighted by molar-refractivity contribution is -0.143. The first-order valence-corrected chi connectivity index (χ1v) is 8.44. The molecule has 0 saturated carbocycles. The predicted molar refractivity (Wildman–Crippen MR) is 95.4 cm³/mol. The Kier molecular flexibility index (Phi) is 5.27. The first-order chi connectivity index (χ1) is 13.0. The number of benzene rings is 2. The van der Waals surface area contributed by atoms with E-state index in [0.717, 1.165) is 11.3 Å². The standard InChI is InChI=1S/C20H18N2O5/c1-12(27-17-5-3-2-4-15(17)11-21)19(23)22-18(20(24)25)14-6-7-16-13(10-14)8-9-26-16/h2-7,10,12,18H,8-9H2,1H3,(H,22,23)(H,24,25). The summed E-state index contributed by atoms with van der Waals surface area (Å²) in [5.41, 5.74) is 1.68. The van der Waals surface area contributed by atoms with Gasteiger partial charge in [-0.3, -0.25) is 4.79 Å². The van der Waals surface area contributed by atoms with Crippen LogP contribution in [0.15, 0.2) is 42.5 Å². The molecule has 2 aromatic rings. The number of nitrogens with zero attached hydrogens (tertiary/aromatic N) is 1. The lowest BCUT2D eigenvalue weighted by Gasteiger charge is -2.20. The van der Waals surface area contributed by atoms with Crippen LogP contribution in [-0.2, 0) is 16.0 Å². The topological polar surface area (TPSA) is 109 Å². The maximum atomic E-state index is 12.5. The highest BCUT2D eigenvalue weighted by Gasteiger charge is 2.27. The zero-order chi connectivity index (χ0) is 19.4. The van der Waals surface area contributed by atoms with Crippen LogP contribution in [0.4, 0.5) is 0 Å².